The molecule has 118 valence electrons. The number of carbonyl (C=O) groups is 2. The van der Waals surface area contributed by atoms with Crippen LogP contribution in [0.3, 0.4) is 0 Å². The molecule has 2 rings (SSSR count). The number of methoxy groups -OCH3 is 1. The van der Waals surface area contributed by atoms with Gasteiger partial charge in [-0.15, -0.1) is 0 Å². The van der Waals surface area contributed by atoms with Crippen molar-refractivity contribution in [3.63, 3.8) is 0 Å². The Bertz CT molecular complexity index is 710. The summed E-state index contributed by atoms with van der Waals surface area (Å²) in [7, 11) is 3.27. The number of fused-ring (bicyclic) bond motifs is 1. The molecule has 0 fully saturated rings. The van der Waals surface area contributed by atoms with Gasteiger partial charge in [-0.25, -0.2) is 4.98 Å². The molecule has 0 aliphatic rings. The normalized spacial score (nSPS) is 10.9. The highest BCUT2D eigenvalue weighted by Crippen LogP contribution is 2.17. The van der Waals surface area contributed by atoms with Crippen LogP contribution < -0.4 is 0 Å². The number of aromatic nitrogens is 3. The Balaban J connectivity index is 2.32. The molecule has 0 spiro atoms. The summed E-state index contributed by atoms with van der Waals surface area (Å²) in [5.74, 6) is -1.46. The fourth-order valence-electron chi connectivity index (χ4n) is 2.22. The van der Waals surface area contributed by atoms with E-state index in [1.807, 2.05) is 6.92 Å². The first-order valence-electron chi connectivity index (χ1n) is 6.73. The molecule has 0 atom stereocenters. The van der Waals surface area contributed by atoms with Crippen LogP contribution >= 0.6 is 0 Å². The summed E-state index contributed by atoms with van der Waals surface area (Å²) in [5.41, 5.74) is 1.78. The van der Waals surface area contributed by atoms with E-state index in [1.54, 1.807) is 17.8 Å². The highest BCUT2D eigenvalue weighted by atomic mass is 16.5. The number of amides is 1. The number of rotatable bonds is 6. The molecule has 2 aromatic heterocycles. The van der Waals surface area contributed by atoms with Crippen LogP contribution in [-0.4, -0.2) is 63.5 Å². The Hall–Kier alpha value is -2.48. The molecule has 8 heteroatoms. The number of nitrogens with zero attached hydrogens (tertiary/aromatic N) is 4. The number of aryl methyl sites for hydroxylation is 2. The number of ether oxygens (including phenoxy) is 1. The molecule has 1 amide bonds. The van der Waals surface area contributed by atoms with Gasteiger partial charge in [0.2, 0.25) is 0 Å². The van der Waals surface area contributed by atoms with Gasteiger partial charge >= 0.3 is 5.97 Å². The van der Waals surface area contributed by atoms with E-state index in [0.29, 0.717) is 11.2 Å². The number of carbonyl (C=O) groups excluding carboxylic acids is 1. The smallest absolute Gasteiger partial charge is 0.323 e. The van der Waals surface area contributed by atoms with E-state index in [2.05, 4.69) is 10.1 Å². The van der Waals surface area contributed by atoms with Crippen molar-refractivity contribution in [3.8, 4) is 0 Å². The van der Waals surface area contributed by atoms with Crippen molar-refractivity contribution in [2.75, 3.05) is 26.8 Å². The third-order valence-corrected chi connectivity index (χ3v) is 3.29. The van der Waals surface area contributed by atoms with Crippen molar-refractivity contribution in [2.24, 2.45) is 7.05 Å². The summed E-state index contributed by atoms with van der Waals surface area (Å²) < 4.78 is 6.55. The summed E-state index contributed by atoms with van der Waals surface area (Å²) in [5, 5.41) is 14.0. The molecule has 8 nitrogen and oxygen atoms in total. The SMILES string of the molecule is COCCN(CC(=O)O)C(=O)c1cnc2c(c1)c(C)nn2C. The van der Waals surface area contributed by atoms with Crippen LogP contribution in [0.1, 0.15) is 16.1 Å². The maximum absolute atomic E-state index is 12.5. The van der Waals surface area contributed by atoms with Crippen molar-refractivity contribution in [1.82, 2.24) is 19.7 Å². The number of carboxylic acids is 1. The number of carboxylic acid groups (broad SMARTS) is 1. The first-order chi connectivity index (χ1) is 10.4. The van der Waals surface area contributed by atoms with Crippen LogP contribution in [0.2, 0.25) is 0 Å². The summed E-state index contributed by atoms with van der Waals surface area (Å²) in [4.78, 5) is 28.9. The third-order valence-electron chi connectivity index (χ3n) is 3.29. The molecule has 0 saturated heterocycles. The average molecular weight is 306 g/mol. The van der Waals surface area contributed by atoms with Crippen LogP contribution in [0.5, 0.6) is 0 Å². The highest BCUT2D eigenvalue weighted by molar-refractivity contribution is 5.98. The van der Waals surface area contributed by atoms with Gasteiger partial charge in [-0.2, -0.15) is 5.10 Å². The third kappa shape index (κ3) is 3.22. The van der Waals surface area contributed by atoms with E-state index >= 15 is 0 Å². The van der Waals surface area contributed by atoms with Crippen molar-refractivity contribution in [3.05, 3.63) is 23.5 Å². The van der Waals surface area contributed by atoms with Gasteiger partial charge in [-0.3, -0.25) is 14.3 Å². The minimum Gasteiger partial charge on any atom is -0.480 e. The Kier molecular flexibility index (Phi) is 4.71. The lowest BCUT2D eigenvalue weighted by molar-refractivity contribution is -0.137. The molecule has 22 heavy (non-hydrogen) atoms. The summed E-state index contributed by atoms with van der Waals surface area (Å²) in [6, 6.07) is 1.69. The molecule has 1 N–H and O–H groups in total. The fourth-order valence-corrected chi connectivity index (χ4v) is 2.22. The predicted octanol–water partition coefficient (Wildman–Crippen LogP) is 0.450. The van der Waals surface area contributed by atoms with Crippen LogP contribution in [0, 0.1) is 6.92 Å². The van der Waals surface area contributed by atoms with Crippen molar-refractivity contribution in [1.29, 1.82) is 0 Å². The maximum atomic E-state index is 12.5. The lowest BCUT2D eigenvalue weighted by Crippen LogP contribution is -2.38. The van der Waals surface area contributed by atoms with E-state index in [1.165, 1.54) is 18.2 Å². The number of pyridine rings is 1. The summed E-state index contributed by atoms with van der Waals surface area (Å²) >= 11 is 0. The Morgan fingerprint density at radius 1 is 1.45 bits per heavy atom. The molecular weight excluding hydrogens is 288 g/mol. The van der Waals surface area contributed by atoms with Gasteiger partial charge in [-0.1, -0.05) is 0 Å². The molecule has 0 aromatic carbocycles. The Morgan fingerprint density at radius 3 is 2.82 bits per heavy atom. The lowest BCUT2D eigenvalue weighted by atomic mass is 10.2. The second-order valence-corrected chi connectivity index (χ2v) is 4.92. The monoisotopic (exact) mass is 306 g/mol. The zero-order chi connectivity index (χ0) is 16.3. The predicted molar refractivity (Wildman–Crippen MR) is 78.7 cm³/mol. The zero-order valence-corrected chi connectivity index (χ0v) is 12.7. The second-order valence-electron chi connectivity index (χ2n) is 4.92. The first-order valence-corrected chi connectivity index (χ1v) is 6.73. The quantitative estimate of drug-likeness (QED) is 0.832. The van der Waals surface area contributed by atoms with Gasteiger partial charge in [0.05, 0.1) is 17.9 Å². The number of aliphatic carboxylic acids is 1. The summed E-state index contributed by atoms with van der Waals surface area (Å²) in [6.45, 7) is 1.91. The van der Waals surface area contributed by atoms with Gasteiger partial charge in [0.15, 0.2) is 5.65 Å². The Labute approximate surface area is 127 Å². The molecule has 0 aliphatic heterocycles. The van der Waals surface area contributed by atoms with E-state index in [-0.39, 0.29) is 19.7 Å². The molecule has 0 saturated carbocycles. The van der Waals surface area contributed by atoms with E-state index in [4.69, 9.17) is 9.84 Å². The molecule has 0 bridgehead atoms. The van der Waals surface area contributed by atoms with Crippen LogP contribution in [0.4, 0.5) is 0 Å². The second kappa shape index (κ2) is 6.52. The minimum atomic E-state index is -1.07. The molecule has 2 heterocycles. The molecule has 0 aliphatic carbocycles. The largest absolute Gasteiger partial charge is 0.480 e. The summed E-state index contributed by atoms with van der Waals surface area (Å²) in [6.07, 6.45) is 1.44. The van der Waals surface area contributed by atoms with Gasteiger partial charge in [0.1, 0.15) is 6.54 Å². The van der Waals surface area contributed by atoms with Crippen molar-refractivity contribution in [2.45, 2.75) is 6.92 Å². The van der Waals surface area contributed by atoms with E-state index in [0.717, 1.165) is 11.1 Å². The minimum absolute atomic E-state index is 0.200. The molecule has 2 aromatic rings. The topological polar surface area (TPSA) is 97.6 Å². The molecular formula is C14H18N4O4. The fraction of sp³-hybridized carbons (Fsp3) is 0.429. The van der Waals surface area contributed by atoms with Crippen LogP contribution in [0.25, 0.3) is 11.0 Å². The first kappa shape index (κ1) is 15.9. The van der Waals surface area contributed by atoms with Gasteiger partial charge in [-0.05, 0) is 13.0 Å². The van der Waals surface area contributed by atoms with Crippen molar-refractivity contribution >= 4 is 22.9 Å². The number of hydrogen-bond donors (Lipinski definition) is 1. The van der Waals surface area contributed by atoms with Crippen LogP contribution in [0.15, 0.2) is 12.3 Å². The maximum Gasteiger partial charge on any atom is 0.323 e. The Morgan fingerprint density at radius 2 is 2.18 bits per heavy atom. The van der Waals surface area contributed by atoms with Crippen molar-refractivity contribution < 1.29 is 19.4 Å². The molecule has 0 unspecified atom stereocenters. The average Bonchev–Trinajstić information content (AvgIpc) is 2.77. The standard InChI is InChI=1S/C14H18N4O4/c1-9-11-6-10(7-15-13(11)17(2)16-9)14(21)18(4-5-22-3)8-12(19)20/h6-7H,4-5,8H2,1-3H3,(H,19,20). The number of hydrogen-bond acceptors (Lipinski definition) is 5. The molecule has 0 radical (unpaired) electrons. The van der Waals surface area contributed by atoms with Gasteiger partial charge in [0, 0.05) is 32.3 Å². The lowest BCUT2D eigenvalue weighted by Gasteiger charge is -2.20. The van der Waals surface area contributed by atoms with Crippen LogP contribution in [-0.2, 0) is 16.6 Å². The van der Waals surface area contributed by atoms with E-state index in [9.17, 15) is 9.59 Å². The zero-order valence-electron chi connectivity index (χ0n) is 12.7. The van der Waals surface area contributed by atoms with Gasteiger partial charge < -0.3 is 14.7 Å². The van der Waals surface area contributed by atoms with E-state index < -0.39 is 11.9 Å². The highest BCUT2D eigenvalue weighted by Gasteiger charge is 2.20. The van der Waals surface area contributed by atoms with Gasteiger partial charge in [0.25, 0.3) is 5.91 Å².